The van der Waals surface area contributed by atoms with Gasteiger partial charge in [0.05, 0.1) is 6.00 Å². The molecule has 0 radical (unpaired) electrons. The lowest BCUT2D eigenvalue weighted by Crippen LogP contribution is -2.25. The molecule has 1 N–H and O–H groups in total. The Labute approximate surface area is 97.5 Å². The van der Waals surface area contributed by atoms with Gasteiger partial charge in [-0.25, -0.2) is 4.21 Å². The standard InChI is InChI=1S/C10H14ClNO2S/c11-9-12(15(13)14)8-4-7-10-5-2-1-3-6-10/h1-3,5-6H,4,7-9H2,(H,13,14). The van der Waals surface area contributed by atoms with Crippen molar-refractivity contribution in [2.75, 3.05) is 12.5 Å². The Balaban J connectivity index is 2.30. The molecular formula is C10H14ClNO2S. The smallest absolute Gasteiger partial charge is 0.235 e. The van der Waals surface area contributed by atoms with Crippen LogP contribution in [0.3, 0.4) is 0 Å². The van der Waals surface area contributed by atoms with Gasteiger partial charge in [0.2, 0.25) is 11.3 Å². The van der Waals surface area contributed by atoms with Crippen molar-refractivity contribution in [1.29, 1.82) is 0 Å². The fourth-order valence-electron chi connectivity index (χ4n) is 1.28. The van der Waals surface area contributed by atoms with E-state index in [4.69, 9.17) is 16.2 Å². The van der Waals surface area contributed by atoms with Crippen molar-refractivity contribution in [2.24, 2.45) is 0 Å². The third kappa shape index (κ3) is 4.75. The molecule has 1 unspecified atom stereocenters. The molecule has 5 heteroatoms. The van der Waals surface area contributed by atoms with E-state index in [2.05, 4.69) is 0 Å². The number of aryl methyl sites for hydroxylation is 1. The van der Waals surface area contributed by atoms with E-state index in [1.807, 2.05) is 30.3 Å². The number of rotatable bonds is 6. The fourth-order valence-corrected chi connectivity index (χ4v) is 2.02. The molecule has 0 spiro atoms. The number of halogens is 1. The molecule has 1 aromatic rings. The normalized spacial score (nSPS) is 13.0. The summed E-state index contributed by atoms with van der Waals surface area (Å²) in [5, 5.41) is 0. The first kappa shape index (κ1) is 12.6. The van der Waals surface area contributed by atoms with Gasteiger partial charge in [-0.15, -0.1) is 11.6 Å². The molecule has 1 atom stereocenters. The largest absolute Gasteiger partial charge is 0.294 e. The maximum Gasteiger partial charge on any atom is 0.235 e. The quantitative estimate of drug-likeness (QED) is 0.476. The molecule has 0 heterocycles. The van der Waals surface area contributed by atoms with Crippen LogP contribution in [0.2, 0.25) is 0 Å². The molecule has 0 amide bonds. The Bertz CT molecular complexity index is 308. The molecule has 0 aromatic heterocycles. The molecule has 0 bridgehead atoms. The van der Waals surface area contributed by atoms with Crippen LogP contribution in [0.5, 0.6) is 0 Å². The minimum Gasteiger partial charge on any atom is -0.294 e. The summed E-state index contributed by atoms with van der Waals surface area (Å²) in [6, 6.07) is 10.1. The minimum absolute atomic E-state index is 0.0813. The Morgan fingerprint density at radius 1 is 1.33 bits per heavy atom. The summed E-state index contributed by atoms with van der Waals surface area (Å²) in [7, 11) is 0. The molecule has 0 aliphatic rings. The number of hydrogen-bond acceptors (Lipinski definition) is 1. The van der Waals surface area contributed by atoms with Gasteiger partial charge in [0, 0.05) is 6.54 Å². The Hall–Kier alpha value is -0.420. The fraction of sp³-hybridized carbons (Fsp3) is 0.400. The predicted octanol–water partition coefficient (Wildman–Crippen LogP) is 2.25. The summed E-state index contributed by atoms with van der Waals surface area (Å²) in [4.78, 5) is 0. The van der Waals surface area contributed by atoms with Gasteiger partial charge < -0.3 is 0 Å². The van der Waals surface area contributed by atoms with E-state index >= 15 is 0 Å². The van der Waals surface area contributed by atoms with Crippen LogP contribution < -0.4 is 0 Å². The van der Waals surface area contributed by atoms with E-state index in [1.54, 1.807) is 0 Å². The summed E-state index contributed by atoms with van der Waals surface area (Å²) >= 11 is 3.56. The highest BCUT2D eigenvalue weighted by Gasteiger charge is 2.08. The van der Waals surface area contributed by atoms with Crippen molar-refractivity contribution in [3.63, 3.8) is 0 Å². The molecule has 1 rings (SSSR count). The summed E-state index contributed by atoms with van der Waals surface area (Å²) in [6.45, 7) is 0.529. The van der Waals surface area contributed by atoms with Crippen LogP contribution in [0.25, 0.3) is 0 Å². The lowest BCUT2D eigenvalue weighted by atomic mass is 10.1. The van der Waals surface area contributed by atoms with Gasteiger partial charge in [0.1, 0.15) is 0 Å². The zero-order chi connectivity index (χ0) is 11.1. The number of nitrogens with zero attached hydrogens (tertiary/aromatic N) is 1. The molecule has 84 valence electrons. The van der Waals surface area contributed by atoms with Crippen LogP contribution >= 0.6 is 11.6 Å². The molecular weight excluding hydrogens is 234 g/mol. The van der Waals surface area contributed by atoms with Gasteiger partial charge in [-0.3, -0.25) is 4.55 Å². The van der Waals surface area contributed by atoms with E-state index in [1.165, 1.54) is 9.87 Å². The van der Waals surface area contributed by atoms with Gasteiger partial charge in [-0.1, -0.05) is 30.3 Å². The van der Waals surface area contributed by atoms with E-state index in [-0.39, 0.29) is 6.00 Å². The first-order valence-electron chi connectivity index (χ1n) is 4.70. The summed E-state index contributed by atoms with van der Waals surface area (Å²) in [6.07, 6.45) is 1.72. The monoisotopic (exact) mass is 247 g/mol. The van der Waals surface area contributed by atoms with E-state index in [9.17, 15) is 4.21 Å². The Kier molecular flexibility index (Phi) is 5.86. The lowest BCUT2D eigenvalue weighted by molar-refractivity contribution is 0.430. The highest BCUT2D eigenvalue weighted by molar-refractivity contribution is 7.76. The Morgan fingerprint density at radius 2 is 2.00 bits per heavy atom. The van der Waals surface area contributed by atoms with Crippen molar-refractivity contribution in [3.8, 4) is 0 Å². The van der Waals surface area contributed by atoms with Crippen LogP contribution in [0.1, 0.15) is 12.0 Å². The van der Waals surface area contributed by atoms with Crippen molar-refractivity contribution in [1.82, 2.24) is 4.31 Å². The second kappa shape index (κ2) is 6.95. The van der Waals surface area contributed by atoms with E-state index < -0.39 is 11.3 Å². The summed E-state index contributed by atoms with van der Waals surface area (Å²) in [5.74, 6) is 0. The van der Waals surface area contributed by atoms with Crippen LogP contribution in [0.4, 0.5) is 0 Å². The van der Waals surface area contributed by atoms with Gasteiger partial charge in [0.25, 0.3) is 0 Å². The number of alkyl halides is 1. The van der Waals surface area contributed by atoms with Crippen LogP contribution in [0.15, 0.2) is 30.3 Å². The first-order valence-corrected chi connectivity index (χ1v) is 6.29. The highest BCUT2D eigenvalue weighted by atomic mass is 35.5. The summed E-state index contributed by atoms with van der Waals surface area (Å²) < 4.78 is 20.9. The zero-order valence-corrected chi connectivity index (χ0v) is 9.88. The van der Waals surface area contributed by atoms with Gasteiger partial charge >= 0.3 is 0 Å². The molecule has 0 aliphatic heterocycles. The molecule has 15 heavy (non-hydrogen) atoms. The van der Waals surface area contributed by atoms with Crippen LogP contribution in [-0.4, -0.2) is 25.6 Å². The maximum atomic E-state index is 10.7. The average Bonchev–Trinajstić information content (AvgIpc) is 2.25. The second-order valence-corrected chi connectivity index (χ2v) is 4.36. The summed E-state index contributed by atoms with van der Waals surface area (Å²) in [5.41, 5.74) is 1.23. The third-order valence-corrected chi connectivity index (χ3v) is 3.25. The SMILES string of the molecule is O=S(O)N(CCl)CCCc1ccccc1. The van der Waals surface area contributed by atoms with Crippen molar-refractivity contribution < 1.29 is 8.76 Å². The Morgan fingerprint density at radius 3 is 2.53 bits per heavy atom. The van der Waals surface area contributed by atoms with Gasteiger partial charge in [0.15, 0.2) is 0 Å². The van der Waals surface area contributed by atoms with Crippen molar-refractivity contribution in [2.45, 2.75) is 12.8 Å². The van der Waals surface area contributed by atoms with Crippen LogP contribution in [0, 0.1) is 0 Å². The van der Waals surface area contributed by atoms with Crippen molar-refractivity contribution in [3.05, 3.63) is 35.9 Å². The molecule has 1 aromatic carbocycles. The molecule has 3 nitrogen and oxygen atoms in total. The van der Waals surface area contributed by atoms with Crippen LogP contribution in [-0.2, 0) is 17.7 Å². The minimum atomic E-state index is -1.96. The van der Waals surface area contributed by atoms with Gasteiger partial charge in [-0.2, -0.15) is 4.31 Å². The number of hydrogen-bond donors (Lipinski definition) is 1. The van der Waals surface area contributed by atoms with Gasteiger partial charge in [-0.05, 0) is 18.4 Å². The molecule has 0 fully saturated rings. The van der Waals surface area contributed by atoms with E-state index in [0.717, 1.165) is 12.8 Å². The molecule has 0 aliphatic carbocycles. The maximum absolute atomic E-state index is 10.7. The molecule has 0 saturated heterocycles. The lowest BCUT2D eigenvalue weighted by Gasteiger charge is -2.13. The van der Waals surface area contributed by atoms with E-state index in [0.29, 0.717) is 6.54 Å². The predicted molar refractivity (Wildman–Crippen MR) is 63.0 cm³/mol. The van der Waals surface area contributed by atoms with Crippen molar-refractivity contribution >= 4 is 22.9 Å². The zero-order valence-electron chi connectivity index (χ0n) is 8.30. The number of benzene rings is 1. The first-order chi connectivity index (χ1) is 7.24. The molecule has 0 saturated carbocycles. The third-order valence-electron chi connectivity index (χ3n) is 2.07. The topological polar surface area (TPSA) is 40.5 Å². The highest BCUT2D eigenvalue weighted by Crippen LogP contribution is 2.04. The average molecular weight is 248 g/mol. The second-order valence-electron chi connectivity index (χ2n) is 3.14.